The van der Waals surface area contributed by atoms with E-state index in [0.29, 0.717) is 18.2 Å². The summed E-state index contributed by atoms with van der Waals surface area (Å²) >= 11 is 0. The lowest BCUT2D eigenvalue weighted by atomic mass is 9.92. The summed E-state index contributed by atoms with van der Waals surface area (Å²) in [5.74, 6) is 0.992. The van der Waals surface area contributed by atoms with Gasteiger partial charge in [-0.3, -0.25) is 4.99 Å². The summed E-state index contributed by atoms with van der Waals surface area (Å²) in [7, 11) is 0. The zero-order chi connectivity index (χ0) is 32.7. The molecule has 0 atom stereocenters. The van der Waals surface area contributed by atoms with Crippen molar-refractivity contribution in [1.29, 1.82) is 0 Å². The second-order valence-corrected chi connectivity index (χ2v) is 11.6. The summed E-state index contributed by atoms with van der Waals surface area (Å²) in [4.78, 5) is 10.1. The second-order valence-electron chi connectivity index (χ2n) is 11.6. The van der Waals surface area contributed by atoms with Crippen molar-refractivity contribution >= 4 is 44.4 Å². The van der Waals surface area contributed by atoms with Crippen LogP contribution in [0.2, 0.25) is 0 Å². The number of furan rings is 1. The van der Waals surface area contributed by atoms with Crippen LogP contribution in [0, 0.1) is 0 Å². The van der Waals surface area contributed by atoms with E-state index < -0.39 is 0 Å². The predicted octanol–water partition coefficient (Wildman–Crippen LogP) is 10.6. The van der Waals surface area contributed by atoms with Crippen molar-refractivity contribution in [1.82, 2.24) is 0 Å². The van der Waals surface area contributed by atoms with Gasteiger partial charge in [0, 0.05) is 21.9 Å². The van der Waals surface area contributed by atoms with Gasteiger partial charge in [0.2, 0.25) is 0 Å². The molecule has 0 spiro atoms. The highest BCUT2D eigenvalue weighted by Crippen LogP contribution is 2.39. The van der Waals surface area contributed by atoms with Crippen LogP contribution in [-0.4, -0.2) is 11.7 Å². The molecule has 0 fully saturated rings. The van der Waals surface area contributed by atoms with Crippen LogP contribution >= 0.6 is 0 Å². The van der Waals surface area contributed by atoms with Crippen molar-refractivity contribution in [2.75, 3.05) is 0 Å². The Bertz CT molecular complexity index is 2370. The van der Waals surface area contributed by atoms with E-state index in [-0.39, 0.29) is 0 Å². The fraction of sp³-hybridized carbons (Fsp3) is 0.0455. The molecule has 0 unspecified atom stereocenters. The second kappa shape index (κ2) is 14.0. The van der Waals surface area contributed by atoms with E-state index in [1.807, 2.05) is 66.8 Å². The average Bonchev–Trinajstić information content (AvgIpc) is 3.52. The number of fused-ring (bicyclic) bond motifs is 4. The van der Waals surface area contributed by atoms with Crippen molar-refractivity contribution in [3.05, 3.63) is 193 Å². The molecule has 0 aliphatic heterocycles. The molecule has 7 rings (SSSR count). The van der Waals surface area contributed by atoms with Crippen molar-refractivity contribution in [2.24, 2.45) is 15.7 Å². The number of aliphatic imine (C=N–C) groups is 2. The number of para-hydroxylation sites is 1. The van der Waals surface area contributed by atoms with E-state index in [1.165, 1.54) is 5.56 Å². The first-order chi connectivity index (χ1) is 23.7. The Morgan fingerprint density at radius 2 is 1.40 bits per heavy atom. The summed E-state index contributed by atoms with van der Waals surface area (Å²) < 4.78 is 6.27. The van der Waals surface area contributed by atoms with Crippen LogP contribution < -0.4 is 5.73 Å². The fourth-order valence-corrected chi connectivity index (χ4v) is 6.09. The minimum atomic E-state index is 0.415. The van der Waals surface area contributed by atoms with E-state index >= 15 is 0 Å². The van der Waals surface area contributed by atoms with E-state index in [9.17, 15) is 0 Å². The Balaban J connectivity index is 1.36. The van der Waals surface area contributed by atoms with Gasteiger partial charge in [0.05, 0.1) is 6.54 Å². The summed E-state index contributed by atoms with van der Waals surface area (Å²) in [6.45, 7) is 4.18. The molecule has 6 aromatic carbocycles. The van der Waals surface area contributed by atoms with Gasteiger partial charge in [0.15, 0.2) is 5.84 Å². The van der Waals surface area contributed by atoms with Gasteiger partial charge in [-0.15, -0.1) is 0 Å². The maximum absolute atomic E-state index is 6.64. The molecule has 0 saturated carbocycles. The zero-order valence-corrected chi connectivity index (χ0v) is 26.6. The van der Waals surface area contributed by atoms with E-state index in [0.717, 1.165) is 66.9 Å². The lowest BCUT2D eigenvalue weighted by molar-refractivity contribution is 0.669. The molecule has 2 N–H and O–H groups in total. The number of amidine groups is 2. The number of hydrogen-bond donors (Lipinski definition) is 1. The third-order valence-electron chi connectivity index (χ3n) is 8.36. The van der Waals surface area contributed by atoms with Crippen molar-refractivity contribution in [3.63, 3.8) is 0 Å². The molecule has 232 valence electrons. The van der Waals surface area contributed by atoms with Gasteiger partial charge in [-0.1, -0.05) is 146 Å². The van der Waals surface area contributed by atoms with Gasteiger partial charge in [0.1, 0.15) is 17.0 Å². The molecule has 0 aliphatic rings. The number of benzene rings is 6. The highest BCUT2D eigenvalue weighted by molar-refractivity contribution is 6.17. The first-order valence-electron chi connectivity index (χ1n) is 16.1. The number of nitrogens with zero attached hydrogens (tertiary/aromatic N) is 2. The fourth-order valence-electron chi connectivity index (χ4n) is 6.09. The van der Waals surface area contributed by atoms with E-state index in [4.69, 9.17) is 20.1 Å². The van der Waals surface area contributed by atoms with Crippen LogP contribution in [0.3, 0.4) is 0 Å². The summed E-state index contributed by atoms with van der Waals surface area (Å²) in [5.41, 5.74) is 14.6. The van der Waals surface area contributed by atoms with Crippen molar-refractivity contribution in [2.45, 2.75) is 13.0 Å². The zero-order valence-electron chi connectivity index (χ0n) is 26.6. The summed E-state index contributed by atoms with van der Waals surface area (Å²) in [6.07, 6.45) is 10.7. The Morgan fingerprint density at radius 1 is 0.646 bits per heavy atom. The highest BCUT2D eigenvalue weighted by atomic mass is 16.3. The summed E-state index contributed by atoms with van der Waals surface area (Å²) in [6, 6.07) is 45.6. The third-order valence-corrected chi connectivity index (χ3v) is 8.36. The standard InChI is InChI=1S/C44H35N3O/c1-2-3-4-5-7-16-31-17-14-18-32(27-31)30-46-44(47-43(45)33-19-8-6-9-20-33)35-28-34-21-10-11-22-36(34)39(29-35)37-24-15-26-41-42(37)38-23-12-13-25-40(38)48-41/h2-15,17-29H,1,16,30H2,(H2,45,46,47)/b4-3-,7-5-. The minimum Gasteiger partial charge on any atom is -0.456 e. The van der Waals surface area contributed by atoms with Gasteiger partial charge in [0.25, 0.3) is 0 Å². The molecule has 4 heteroatoms. The topological polar surface area (TPSA) is 63.9 Å². The smallest absolute Gasteiger partial charge is 0.157 e. The largest absolute Gasteiger partial charge is 0.456 e. The van der Waals surface area contributed by atoms with Gasteiger partial charge < -0.3 is 10.2 Å². The van der Waals surface area contributed by atoms with Crippen LogP contribution in [0.1, 0.15) is 22.3 Å². The predicted molar refractivity (Wildman–Crippen MR) is 203 cm³/mol. The molecule has 1 heterocycles. The first kappa shape index (κ1) is 30.4. The first-order valence-corrected chi connectivity index (χ1v) is 16.1. The van der Waals surface area contributed by atoms with Gasteiger partial charge in [-0.05, 0) is 63.7 Å². The number of rotatable bonds is 9. The summed E-state index contributed by atoms with van der Waals surface area (Å²) in [5, 5.41) is 4.41. The molecular formula is C44H35N3O. The normalized spacial score (nSPS) is 12.6. The molecule has 0 radical (unpaired) electrons. The van der Waals surface area contributed by atoms with Crippen LogP contribution in [-0.2, 0) is 13.0 Å². The Labute approximate surface area is 280 Å². The van der Waals surface area contributed by atoms with E-state index in [2.05, 4.69) is 97.6 Å². The lowest BCUT2D eigenvalue weighted by Gasteiger charge is -2.13. The van der Waals surface area contributed by atoms with Crippen LogP contribution in [0.15, 0.2) is 185 Å². The molecule has 0 aliphatic carbocycles. The highest BCUT2D eigenvalue weighted by Gasteiger charge is 2.17. The maximum atomic E-state index is 6.64. The molecular weight excluding hydrogens is 587 g/mol. The molecule has 0 amide bonds. The van der Waals surface area contributed by atoms with Crippen molar-refractivity contribution in [3.8, 4) is 11.1 Å². The average molecular weight is 622 g/mol. The van der Waals surface area contributed by atoms with Gasteiger partial charge >= 0.3 is 0 Å². The van der Waals surface area contributed by atoms with Gasteiger partial charge in [-0.2, -0.15) is 0 Å². The van der Waals surface area contributed by atoms with Crippen LogP contribution in [0.4, 0.5) is 0 Å². The van der Waals surface area contributed by atoms with E-state index in [1.54, 1.807) is 6.08 Å². The molecule has 0 bridgehead atoms. The minimum absolute atomic E-state index is 0.415. The number of allylic oxidation sites excluding steroid dienone is 5. The Kier molecular flexibility index (Phi) is 8.88. The number of hydrogen-bond acceptors (Lipinski definition) is 2. The third kappa shape index (κ3) is 6.51. The van der Waals surface area contributed by atoms with Crippen molar-refractivity contribution < 1.29 is 4.42 Å². The molecule has 1 aromatic heterocycles. The SMILES string of the molecule is C=C/C=C\C=C/Cc1cccc(CN=C(N=C(N)c2ccccc2)c2cc(-c3cccc4oc5ccccc5c34)c3ccccc3c2)c1. The van der Waals surface area contributed by atoms with Crippen LogP contribution in [0.5, 0.6) is 0 Å². The quantitative estimate of drug-likeness (QED) is 0.0990. The Morgan fingerprint density at radius 3 is 2.27 bits per heavy atom. The molecule has 0 saturated heterocycles. The van der Waals surface area contributed by atoms with Gasteiger partial charge in [-0.25, -0.2) is 4.99 Å². The molecule has 7 aromatic rings. The Hall–Kier alpha value is -6.26. The number of nitrogens with two attached hydrogens (primary N) is 1. The maximum Gasteiger partial charge on any atom is 0.157 e. The molecule has 48 heavy (non-hydrogen) atoms. The van der Waals surface area contributed by atoms with Crippen LogP contribution in [0.25, 0.3) is 43.8 Å². The lowest BCUT2D eigenvalue weighted by Crippen LogP contribution is -2.16. The monoisotopic (exact) mass is 621 g/mol. The molecule has 4 nitrogen and oxygen atoms in total.